The largest absolute Gasteiger partial charge is 0.478 e. The van der Waals surface area contributed by atoms with Gasteiger partial charge in [0, 0.05) is 6.07 Å². The number of anilines is 1. The van der Waals surface area contributed by atoms with Gasteiger partial charge in [-0.2, -0.15) is 0 Å². The molecule has 1 aliphatic rings. The van der Waals surface area contributed by atoms with Gasteiger partial charge in [-0.15, -0.1) is 0 Å². The van der Waals surface area contributed by atoms with Crippen molar-refractivity contribution in [3.8, 4) is 17.2 Å². The van der Waals surface area contributed by atoms with Crippen LogP contribution >= 0.6 is 0 Å². The molecular weight excluding hydrogens is 378 g/mol. The third-order valence-corrected chi connectivity index (χ3v) is 4.39. The van der Waals surface area contributed by atoms with E-state index in [9.17, 15) is 19.2 Å². The van der Waals surface area contributed by atoms with Gasteiger partial charge >= 0.3 is 5.97 Å². The quantitative estimate of drug-likeness (QED) is 0.576. The Balaban J connectivity index is 1.64. The number of nitrogens with zero attached hydrogens (tertiary/aromatic N) is 1. The second-order valence-electron chi connectivity index (χ2n) is 6.20. The van der Waals surface area contributed by atoms with Gasteiger partial charge < -0.3 is 15.6 Å². The zero-order chi connectivity index (χ0) is 20.7. The lowest BCUT2D eigenvalue weighted by atomic mass is 10.1. The van der Waals surface area contributed by atoms with E-state index in [0.29, 0.717) is 17.2 Å². The van der Waals surface area contributed by atoms with Crippen molar-refractivity contribution in [3.63, 3.8) is 0 Å². The lowest BCUT2D eigenvalue weighted by molar-refractivity contribution is 0.0696. The van der Waals surface area contributed by atoms with E-state index in [-0.39, 0.29) is 22.5 Å². The Morgan fingerprint density at radius 1 is 0.931 bits per heavy atom. The Labute approximate surface area is 163 Å². The molecule has 0 aliphatic carbocycles. The zero-order valence-electron chi connectivity index (χ0n) is 14.7. The summed E-state index contributed by atoms with van der Waals surface area (Å²) >= 11 is 0. The van der Waals surface area contributed by atoms with Gasteiger partial charge in [0.25, 0.3) is 17.4 Å². The highest BCUT2D eigenvalue weighted by atomic mass is 16.5. The summed E-state index contributed by atoms with van der Waals surface area (Å²) in [5.74, 6) is -1.59. The molecule has 1 aromatic heterocycles. The topological polar surface area (TPSA) is 141 Å². The molecule has 2 aromatic carbocycles. The Bertz CT molecular complexity index is 1230. The second kappa shape index (κ2) is 6.64. The number of nitrogen functional groups attached to an aromatic ring is 1. The minimum Gasteiger partial charge on any atom is -0.478 e. The van der Waals surface area contributed by atoms with E-state index in [0.717, 1.165) is 10.6 Å². The van der Waals surface area contributed by atoms with Crippen LogP contribution in [0, 0.1) is 0 Å². The maximum absolute atomic E-state index is 12.4. The molecule has 0 unspecified atom stereocenters. The van der Waals surface area contributed by atoms with Crippen molar-refractivity contribution >= 4 is 23.6 Å². The molecule has 0 bridgehead atoms. The molecule has 29 heavy (non-hydrogen) atoms. The van der Waals surface area contributed by atoms with Gasteiger partial charge in [0.1, 0.15) is 17.3 Å². The molecular formula is C20H13N3O6. The van der Waals surface area contributed by atoms with E-state index in [1.807, 2.05) is 0 Å². The van der Waals surface area contributed by atoms with Gasteiger partial charge in [-0.25, -0.2) is 4.79 Å². The molecule has 0 atom stereocenters. The first kappa shape index (κ1) is 18.0. The van der Waals surface area contributed by atoms with E-state index < -0.39 is 23.3 Å². The van der Waals surface area contributed by atoms with Crippen LogP contribution in [-0.4, -0.2) is 27.5 Å². The number of nitrogens with one attached hydrogen (secondary N) is 1. The molecule has 4 N–H and O–H groups in total. The van der Waals surface area contributed by atoms with Crippen molar-refractivity contribution in [2.24, 2.45) is 0 Å². The fourth-order valence-corrected chi connectivity index (χ4v) is 3.01. The Kier molecular flexibility index (Phi) is 4.12. The Morgan fingerprint density at radius 3 is 2.10 bits per heavy atom. The zero-order valence-corrected chi connectivity index (χ0v) is 14.7. The number of nitrogens with two attached hydrogens (primary N) is 1. The van der Waals surface area contributed by atoms with E-state index >= 15 is 0 Å². The van der Waals surface area contributed by atoms with Crippen LogP contribution in [0.3, 0.4) is 0 Å². The third kappa shape index (κ3) is 3.10. The number of hydrogen-bond donors (Lipinski definition) is 3. The average Bonchev–Trinajstić information content (AvgIpc) is 2.97. The number of rotatable bonds is 4. The molecule has 3 aromatic rings. The summed E-state index contributed by atoms with van der Waals surface area (Å²) in [6, 6.07) is 13.3. The monoisotopic (exact) mass is 391 g/mol. The summed E-state index contributed by atoms with van der Waals surface area (Å²) in [5, 5.41) is 11.0. The number of carbonyl (C=O) groups excluding carboxylic acids is 2. The molecule has 0 saturated carbocycles. The van der Waals surface area contributed by atoms with Gasteiger partial charge in [-0.3, -0.25) is 24.3 Å². The van der Waals surface area contributed by atoms with Crippen molar-refractivity contribution in [3.05, 3.63) is 81.6 Å². The molecule has 0 fully saturated rings. The maximum Gasteiger partial charge on any atom is 0.335 e. The molecule has 0 saturated heterocycles. The predicted octanol–water partition coefficient (Wildman–Crippen LogP) is 1.79. The van der Waals surface area contributed by atoms with Crippen LogP contribution in [0.15, 0.2) is 59.4 Å². The van der Waals surface area contributed by atoms with E-state index in [1.165, 1.54) is 24.3 Å². The van der Waals surface area contributed by atoms with E-state index in [1.54, 1.807) is 24.3 Å². The third-order valence-electron chi connectivity index (χ3n) is 4.39. The smallest absolute Gasteiger partial charge is 0.335 e. The summed E-state index contributed by atoms with van der Waals surface area (Å²) in [6.45, 7) is 0. The summed E-state index contributed by atoms with van der Waals surface area (Å²) < 4.78 is 6.78. The summed E-state index contributed by atoms with van der Waals surface area (Å²) in [6.07, 6.45) is 0. The van der Waals surface area contributed by atoms with Gasteiger partial charge in [0.05, 0.1) is 22.4 Å². The van der Waals surface area contributed by atoms with Crippen LogP contribution in [0.4, 0.5) is 5.82 Å². The van der Waals surface area contributed by atoms with Crippen molar-refractivity contribution in [2.45, 2.75) is 0 Å². The first-order valence-corrected chi connectivity index (χ1v) is 8.38. The van der Waals surface area contributed by atoms with Gasteiger partial charge in [0.15, 0.2) is 0 Å². The summed E-state index contributed by atoms with van der Waals surface area (Å²) in [7, 11) is 0. The van der Waals surface area contributed by atoms with Crippen LogP contribution in [0.5, 0.6) is 11.5 Å². The standard InChI is InChI=1S/C20H13N3O6/c21-17-16-14(18(25)22-19(16)26)9-15(24)23(17)11-3-7-13(8-4-11)29-12-5-1-10(2-6-12)20(27)28/h1-9H,21H2,(H,27,28)(H,22,25,26). The molecule has 0 radical (unpaired) electrons. The van der Waals surface area contributed by atoms with Crippen molar-refractivity contribution in [1.82, 2.24) is 9.88 Å². The minimum absolute atomic E-state index is 0.0338. The first-order valence-electron chi connectivity index (χ1n) is 8.38. The second-order valence-corrected chi connectivity index (χ2v) is 6.20. The fourth-order valence-electron chi connectivity index (χ4n) is 3.01. The van der Waals surface area contributed by atoms with Crippen LogP contribution in [0.2, 0.25) is 0 Å². The number of pyridine rings is 1. The van der Waals surface area contributed by atoms with E-state index in [4.69, 9.17) is 15.6 Å². The Morgan fingerprint density at radius 2 is 1.52 bits per heavy atom. The Hall–Kier alpha value is -4.40. The normalized spacial score (nSPS) is 12.4. The molecule has 0 spiro atoms. The number of benzene rings is 2. The number of amides is 2. The number of aromatic carboxylic acids is 1. The average molecular weight is 391 g/mol. The highest BCUT2D eigenvalue weighted by molar-refractivity contribution is 6.23. The highest BCUT2D eigenvalue weighted by Gasteiger charge is 2.31. The number of ether oxygens (including phenoxy) is 1. The van der Waals surface area contributed by atoms with Crippen LogP contribution < -0.4 is 21.3 Å². The number of imide groups is 1. The van der Waals surface area contributed by atoms with Gasteiger partial charge in [-0.05, 0) is 48.5 Å². The molecule has 144 valence electrons. The first-order chi connectivity index (χ1) is 13.8. The summed E-state index contributed by atoms with van der Waals surface area (Å²) in [5.41, 5.74) is 5.89. The molecule has 2 amide bonds. The van der Waals surface area contributed by atoms with Crippen molar-refractivity contribution in [1.29, 1.82) is 0 Å². The lowest BCUT2D eigenvalue weighted by Crippen LogP contribution is -2.24. The number of aromatic nitrogens is 1. The minimum atomic E-state index is -1.03. The molecule has 4 rings (SSSR count). The van der Waals surface area contributed by atoms with Crippen molar-refractivity contribution < 1.29 is 24.2 Å². The predicted molar refractivity (Wildman–Crippen MR) is 102 cm³/mol. The summed E-state index contributed by atoms with van der Waals surface area (Å²) in [4.78, 5) is 47.0. The van der Waals surface area contributed by atoms with Crippen LogP contribution in [0.1, 0.15) is 31.1 Å². The number of fused-ring (bicyclic) bond motifs is 1. The number of carboxylic acid groups (broad SMARTS) is 1. The molecule has 1 aliphatic heterocycles. The molecule has 9 heteroatoms. The molecule has 9 nitrogen and oxygen atoms in total. The maximum atomic E-state index is 12.4. The lowest BCUT2D eigenvalue weighted by Gasteiger charge is -2.12. The van der Waals surface area contributed by atoms with Gasteiger partial charge in [-0.1, -0.05) is 0 Å². The number of hydrogen-bond acceptors (Lipinski definition) is 6. The highest BCUT2D eigenvalue weighted by Crippen LogP contribution is 2.26. The van der Waals surface area contributed by atoms with E-state index in [2.05, 4.69) is 5.32 Å². The van der Waals surface area contributed by atoms with Gasteiger partial charge in [0.2, 0.25) is 0 Å². The number of carbonyl (C=O) groups is 3. The fraction of sp³-hybridized carbons (Fsp3) is 0. The van der Waals surface area contributed by atoms with Crippen LogP contribution in [-0.2, 0) is 0 Å². The SMILES string of the molecule is Nc1c2c(cc(=O)n1-c1ccc(Oc3ccc(C(=O)O)cc3)cc1)C(=O)NC2=O. The van der Waals surface area contributed by atoms with Crippen LogP contribution in [0.25, 0.3) is 5.69 Å². The van der Waals surface area contributed by atoms with Crippen molar-refractivity contribution in [2.75, 3.05) is 5.73 Å². The molecule has 2 heterocycles. The number of carboxylic acids is 1.